The van der Waals surface area contributed by atoms with Gasteiger partial charge < -0.3 is 14.5 Å². The predicted molar refractivity (Wildman–Crippen MR) is 106 cm³/mol. The number of carbonyl (C=O) groups excluding carboxylic acids is 1. The topological polar surface area (TPSA) is 58.6 Å². The van der Waals surface area contributed by atoms with E-state index in [0.717, 1.165) is 41.1 Å². The van der Waals surface area contributed by atoms with Crippen molar-refractivity contribution in [1.82, 2.24) is 14.9 Å². The van der Waals surface area contributed by atoms with Crippen molar-refractivity contribution in [3.63, 3.8) is 0 Å². The highest BCUT2D eigenvalue weighted by Crippen LogP contribution is 2.30. The third-order valence-electron chi connectivity index (χ3n) is 4.79. The zero-order valence-corrected chi connectivity index (χ0v) is 15.3. The van der Waals surface area contributed by atoms with Gasteiger partial charge in [-0.05, 0) is 36.2 Å². The van der Waals surface area contributed by atoms with Crippen molar-refractivity contribution < 1.29 is 9.53 Å². The van der Waals surface area contributed by atoms with Gasteiger partial charge in [-0.2, -0.15) is 0 Å². The first-order valence-corrected chi connectivity index (χ1v) is 9.24. The Morgan fingerprint density at radius 2 is 1.85 bits per heavy atom. The fourth-order valence-electron chi connectivity index (χ4n) is 3.40. The number of amides is 1. The minimum Gasteiger partial charge on any atom is -0.450 e. The summed E-state index contributed by atoms with van der Waals surface area (Å²) < 4.78 is 5.10. The number of hydrogen-bond donors (Lipinski definition) is 0. The summed E-state index contributed by atoms with van der Waals surface area (Å²) >= 11 is 0. The quantitative estimate of drug-likeness (QED) is 0.713. The first kappa shape index (κ1) is 17.3. The van der Waals surface area contributed by atoms with Crippen LogP contribution in [0, 0.1) is 0 Å². The molecule has 1 amide bonds. The number of hydrogen-bond acceptors (Lipinski definition) is 5. The monoisotopic (exact) mass is 362 g/mol. The molecule has 3 heterocycles. The number of nitrogens with zero attached hydrogens (tertiary/aromatic N) is 4. The molecule has 1 saturated heterocycles. The number of carbonyl (C=O) groups is 1. The SMILES string of the molecule is CCOC(=O)N1CCN(c2cc(-c3ccccc3)c3cccnc3n2)CC1. The maximum absolute atomic E-state index is 11.9. The van der Waals surface area contributed by atoms with E-state index in [-0.39, 0.29) is 6.09 Å². The van der Waals surface area contributed by atoms with Crippen LogP contribution in [0.4, 0.5) is 10.6 Å². The first-order chi connectivity index (χ1) is 13.3. The van der Waals surface area contributed by atoms with Crippen LogP contribution in [0.25, 0.3) is 22.2 Å². The molecule has 0 unspecified atom stereocenters. The number of benzene rings is 1. The molecule has 4 rings (SSSR count). The Kier molecular flexibility index (Phi) is 4.87. The zero-order valence-electron chi connectivity index (χ0n) is 15.3. The molecule has 2 aromatic heterocycles. The molecular weight excluding hydrogens is 340 g/mol. The van der Waals surface area contributed by atoms with Crippen molar-refractivity contribution in [3.8, 4) is 11.1 Å². The van der Waals surface area contributed by atoms with Crippen LogP contribution in [0.2, 0.25) is 0 Å². The van der Waals surface area contributed by atoms with E-state index in [9.17, 15) is 4.79 Å². The summed E-state index contributed by atoms with van der Waals surface area (Å²) in [7, 11) is 0. The summed E-state index contributed by atoms with van der Waals surface area (Å²) in [4.78, 5) is 25.1. The van der Waals surface area contributed by atoms with Gasteiger partial charge in [-0.1, -0.05) is 30.3 Å². The van der Waals surface area contributed by atoms with Gasteiger partial charge in [-0.15, -0.1) is 0 Å². The Labute approximate surface area is 158 Å². The number of ether oxygens (including phenoxy) is 1. The summed E-state index contributed by atoms with van der Waals surface area (Å²) in [5, 5.41) is 1.04. The second kappa shape index (κ2) is 7.61. The molecule has 6 nitrogen and oxygen atoms in total. The molecule has 1 aromatic carbocycles. The molecule has 138 valence electrons. The highest BCUT2D eigenvalue weighted by molar-refractivity contribution is 5.94. The lowest BCUT2D eigenvalue weighted by Gasteiger charge is -2.35. The molecule has 0 radical (unpaired) electrons. The van der Waals surface area contributed by atoms with Gasteiger partial charge in [-0.25, -0.2) is 14.8 Å². The largest absolute Gasteiger partial charge is 0.450 e. The van der Waals surface area contributed by atoms with E-state index >= 15 is 0 Å². The lowest BCUT2D eigenvalue weighted by atomic mass is 10.0. The molecule has 6 heteroatoms. The van der Waals surface area contributed by atoms with Crippen LogP contribution in [0.3, 0.4) is 0 Å². The van der Waals surface area contributed by atoms with Gasteiger partial charge in [0.25, 0.3) is 0 Å². The molecule has 0 aliphatic carbocycles. The molecule has 0 N–H and O–H groups in total. The van der Waals surface area contributed by atoms with Gasteiger partial charge in [0, 0.05) is 37.8 Å². The van der Waals surface area contributed by atoms with Gasteiger partial charge in [0.05, 0.1) is 6.61 Å². The fraction of sp³-hybridized carbons (Fsp3) is 0.286. The molecule has 1 aliphatic heterocycles. The molecule has 0 atom stereocenters. The average molecular weight is 362 g/mol. The minimum atomic E-state index is -0.240. The molecule has 3 aromatic rings. The Balaban J connectivity index is 1.65. The third-order valence-corrected chi connectivity index (χ3v) is 4.79. The van der Waals surface area contributed by atoms with E-state index in [1.54, 1.807) is 11.1 Å². The van der Waals surface area contributed by atoms with E-state index < -0.39 is 0 Å². The molecule has 1 aliphatic rings. The van der Waals surface area contributed by atoms with Gasteiger partial charge in [0.15, 0.2) is 5.65 Å². The van der Waals surface area contributed by atoms with Crippen molar-refractivity contribution >= 4 is 22.9 Å². The van der Waals surface area contributed by atoms with E-state index in [2.05, 4.69) is 34.1 Å². The van der Waals surface area contributed by atoms with Crippen molar-refractivity contribution in [2.45, 2.75) is 6.92 Å². The van der Waals surface area contributed by atoms with Gasteiger partial charge in [0.2, 0.25) is 0 Å². The van der Waals surface area contributed by atoms with Crippen LogP contribution in [-0.2, 0) is 4.74 Å². The molecule has 0 spiro atoms. The van der Waals surface area contributed by atoms with Crippen molar-refractivity contribution in [1.29, 1.82) is 0 Å². The van der Waals surface area contributed by atoms with Crippen LogP contribution in [0.1, 0.15) is 6.92 Å². The van der Waals surface area contributed by atoms with Crippen LogP contribution < -0.4 is 4.90 Å². The third kappa shape index (κ3) is 3.56. The number of piperazine rings is 1. The summed E-state index contributed by atoms with van der Waals surface area (Å²) in [6, 6.07) is 16.4. The molecular formula is C21H22N4O2. The highest BCUT2D eigenvalue weighted by atomic mass is 16.6. The van der Waals surface area contributed by atoms with Crippen molar-refractivity contribution in [3.05, 3.63) is 54.7 Å². The minimum absolute atomic E-state index is 0.240. The lowest BCUT2D eigenvalue weighted by molar-refractivity contribution is 0.105. The summed E-state index contributed by atoms with van der Waals surface area (Å²) in [5.41, 5.74) is 3.00. The number of aromatic nitrogens is 2. The lowest BCUT2D eigenvalue weighted by Crippen LogP contribution is -2.49. The zero-order chi connectivity index (χ0) is 18.6. The van der Waals surface area contributed by atoms with E-state index in [0.29, 0.717) is 19.7 Å². The predicted octanol–water partition coefficient (Wildman–Crippen LogP) is 3.58. The normalized spacial score (nSPS) is 14.4. The van der Waals surface area contributed by atoms with E-state index in [1.165, 1.54) is 0 Å². The molecule has 0 bridgehead atoms. The van der Waals surface area contributed by atoms with Crippen LogP contribution >= 0.6 is 0 Å². The Morgan fingerprint density at radius 3 is 2.59 bits per heavy atom. The maximum Gasteiger partial charge on any atom is 0.409 e. The fourth-order valence-corrected chi connectivity index (χ4v) is 3.40. The standard InChI is InChI=1S/C21H22N4O2/c1-2-27-21(26)25-13-11-24(12-14-25)19-15-18(16-7-4-3-5-8-16)17-9-6-10-22-20(17)23-19/h3-10,15H,2,11-14H2,1H3. The average Bonchev–Trinajstić information content (AvgIpc) is 2.74. The molecule has 27 heavy (non-hydrogen) atoms. The highest BCUT2D eigenvalue weighted by Gasteiger charge is 2.23. The molecule has 0 saturated carbocycles. The van der Waals surface area contributed by atoms with E-state index in [1.807, 2.05) is 31.2 Å². The smallest absolute Gasteiger partial charge is 0.409 e. The second-order valence-electron chi connectivity index (χ2n) is 6.44. The number of pyridine rings is 2. The first-order valence-electron chi connectivity index (χ1n) is 9.24. The van der Waals surface area contributed by atoms with Gasteiger partial charge >= 0.3 is 6.09 Å². The van der Waals surface area contributed by atoms with Gasteiger partial charge in [-0.3, -0.25) is 0 Å². The maximum atomic E-state index is 11.9. The summed E-state index contributed by atoms with van der Waals surface area (Å²) in [6.07, 6.45) is 1.53. The van der Waals surface area contributed by atoms with E-state index in [4.69, 9.17) is 9.72 Å². The van der Waals surface area contributed by atoms with Crippen LogP contribution in [0.5, 0.6) is 0 Å². The Bertz CT molecular complexity index is 937. The number of rotatable bonds is 3. The second-order valence-corrected chi connectivity index (χ2v) is 6.44. The number of fused-ring (bicyclic) bond motifs is 1. The van der Waals surface area contributed by atoms with Crippen LogP contribution in [-0.4, -0.2) is 53.7 Å². The number of anilines is 1. The summed E-state index contributed by atoms with van der Waals surface area (Å²) in [6.45, 7) is 4.92. The Morgan fingerprint density at radius 1 is 1.07 bits per heavy atom. The molecule has 1 fully saturated rings. The van der Waals surface area contributed by atoms with Gasteiger partial charge in [0.1, 0.15) is 5.82 Å². The Hall–Kier alpha value is -3.15. The van der Waals surface area contributed by atoms with Crippen molar-refractivity contribution in [2.75, 3.05) is 37.7 Å². The van der Waals surface area contributed by atoms with Crippen molar-refractivity contribution in [2.24, 2.45) is 0 Å². The van der Waals surface area contributed by atoms with Crippen LogP contribution in [0.15, 0.2) is 54.7 Å². The summed E-state index contributed by atoms with van der Waals surface area (Å²) in [5.74, 6) is 0.892.